The predicted molar refractivity (Wildman–Crippen MR) is 244 cm³/mol. The lowest BCUT2D eigenvalue weighted by Gasteiger charge is -2.13. The fraction of sp³-hybridized carbons (Fsp3) is 0.244. The summed E-state index contributed by atoms with van der Waals surface area (Å²) in [5.41, 5.74) is 17.4. The number of primary amides is 2. The minimum absolute atomic E-state index is 0.124. The van der Waals surface area contributed by atoms with Gasteiger partial charge in [0.1, 0.15) is 40.5 Å². The number of amides is 4. The molecular formula is C45H49N13O6. The van der Waals surface area contributed by atoms with Gasteiger partial charge in [-0.15, -0.1) is 0 Å². The van der Waals surface area contributed by atoms with Crippen LogP contribution in [0.4, 0.5) is 17.6 Å². The van der Waals surface area contributed by atoms with Gasteiger partial charge in [-0.2, -0.15) is 10.2 Å². The van der Waals surface area contributed by atoms with Crippen LogP contribution in [0.1, 0.15) is 72.5 Å². The number of imidazole rings is 2. The van der Waals surface area contributed by atoms with E-state index < -0.39 is 23.6 Å². The number of aryl methyl sites for hydroxylation is 4. The first-order chi connectivity index (χ1) is 30.8. The molecule has 7 rings (SSSR count). The molecule has 19 heteroatoms. The molecule has 0 saturated heterocycles. The van der Waals surface area contributed by atoms with Gasteiger partial charge in [-0.1, -0.05) is 30.4 Å². The van der Waals surface area contributed by atoms with Crippen molar-refractivity contribution in [2.24, 2.45) is 11.5 Å². The van der Waals surface area contributed by atoms with Gasteiger partial charge in [0.25, 0.3) is 11.8 Å². The zero-order valence-corrected chi connectivity index (χ0v) is 36.3. The number of carbonyl (C=O) groups is 4. The summed E-state index contributed by atoms with van der Waals surface area (Å²) in [6, 6.07) is 17.4. The van der Waals surface area contributed by atoms with Crippen molar-refractivity contribution in [2.75, 3.05) is 36.7 Å². The van der Waals surface area contributed by atoms with E-state index in [4.69, 9.17) is 30.9 Å². The molecule has 0 bridgehead atoms. The van der Waals surface area contributed by atoms with Crippen LogP contribution in [-0.4, -0.2) is 83.1 Å². The van der Waals surface area contributed by atoms with Crippen molar-refractivity contribution in [3.05, 3.63) is 118 Å². The third-order valence-corrected chi connectivity index (χ3v) is 10.3. The molecule has 7 aromatic rings. The van der Waals surface area contributed by atoms with Crippen molar-refractivity contribution >= 4 is 69.4 Å². The molecule has 3 aromatic carbocycles. The fourth-order valence-corrected chi connectivity index (χ4v) is 7.31. The number of nitrogens with two attached hydrogens (primary N) is 2. The molecule has 0 atom stereocenters. The SMILES string of the molecule is CCn1nc(C)cc1C(=O)Nc1nc2cc(C(N)=O)cc(OC)c2n1C/C=C/Cn1c(NC(=O)c2cc(C)nn2CC)nc2cc(C(N)=O)cc(OC/C=C/c3cccc(NC)c3)c21. The van der Waals surface area contributed by atoms with Crippen LogP contribution in [-0.2, 0) is 26.2 Å². The van der Waals surface area contributed by atoms with Gasteiger partial charge in [-0.25, -0.2) is 9.97 Å². The van der Waals surface area contributed by atoms with Crippen LogP contribution < -0.4 is 36.9 Å². The van der Waals surface area contributed by atoms with Gasteiger partial charge in [0, 0.05) is 50.0 Å². The van der Waals surface area contributed by atoms with E-state index in [1.165, 1.54) is 19.2 Å². The Morgan fingerprint density at radius 2 is 1.22 bits per heavy atom. The highest BCUT2D eigenvalue weighted by atomic mass is 16.5. The summed E-state index contributed by atoms with van der Waals surface area (Å²) in [5, 5.41) is 17.8. The minimum atomic E-state index is -0.684. The van der Waals surface area contributed by atoms with Gasteiger partial charge in [0.15, 0.2) is 0 Å². The highest BCUT2D eigenvalue weighted by Gasteiger charge is 2.23. The Kier molecular flexibility index (Phi) is 12.9. The third-order valence-electron chi connectivity index (χ3n) is 10.3. The monoisotopic (exact) mass is 867 g/mol. The lowest BCUT2D eigenvalue weighted by atomic mass is 10.1. The van der Waals surface area contributed by atoms with Crippen molar-refractivity contribution in [3.8, 4) is 11.5 Å². The highest BCUT2D eigenvalue weighted by molar-refractivity contribution is 6.05. The van der Waals surface area contributed by atoms with E-state index in [-0.39, 0.29) is 42.7 Å². The Bertz CT molecular complexity index is 2990. The van der Waals surface area contributed by atoms with Crippen LogP contribution in [0, 0.1) is 13.8 Å². The average Bonchev–Trinajstić information content (AvgIpc) is 4.05. The second-order valence-electron chi connectivity index (χ2n) is 14.7. The summed E-state index contributed by atoms with van der Waals surface area (Å²) in [4.78, 5) is 61.8. The first kappa shape index (κ1) is 43.9. The van der Waals surface area contributed by atoms with Gasteiger partial charge < -0.3 is 35.4 Å². The summed E-state index contributed by atoms with van der Waals surface area (Å²) < 4.78 is 18.7. The predicted octanol–water partition coefficient (Wildman–Crippen LogP) is 5.54. The number of methoxy groups -OCH3 is 1. The van der Waals surface area contributed by atoms with Crippen LogP contribution in [0.3, 0.4) is 0 Å². The molecule has 0 spiro atoms. The lowest BCUT2D eigenvalue weighted by molar-refractivity contribution is 0.0991. The number of rotatable bonds is 18. The first-order valence-corrected chi connectivity index (χ1v) is 20.5. The highest BCUT2D eigenvalue weighted by Crippen LogP contribution is 2.33. The Morgan fingerprint density at radius 3 is 1.70 bits per heavy atom. The molecule has 4 aromatic heterocycles. The van der Waals surface area contributed by atoms with Crippen LogP contribution >= 0.6 is 0 Å². The number of anilines is 3. The number of allylic oxidation sites excluding steroid dienone is 2. The molecule has 19 nitrogen and oxygen atoms in total. The number of carbonyl (C=O) groups excluding carboxylic acids is 4. The molecule has 0 unspecified atom stereocenters. The van der Waals surface area contributed by atoms with Gasteiger partial charge >= 0.3 is 0 Å². The number of fused-ring (bicyclic) bond motifs is 2. The Morgan fingerprint density at radius 1 is 0.703 bits per heavy atom. The molecule has 0 fully saturated rings. The zero-order valence-electron chi connectivity index (χ0n) is 36.3. The van der Waals surface area contributed by atoms with Crippen molar-refractivity contribution < 1.29 is 28.7 Å². The number of ether oxygens (including phenoxy) is 2. The molecular weight excluding hydrogens is 819 g/mol. The zero-order chi connectivity index (χ0) is 45.7. The molecule has 0 saturated carbocycles. The number of nitrogens with one attached hydrogen (secondary N) is 3. The standard InChI is InChI=1S/C45H49N13O6/c1-7-57-34(19-26(3)53-57)42(61)51-44-49-32-22-29(40(46)59)24-36(63-6)38(32)55(44)16-9-10-17-56-39-33(50-45(56)52-43(62)35-20-27(4)54-58(35)8-2)23-30(41(47)60)25-37(39)64-18-12-14-28-13-11-15-31(21-28)48-5/h9-15,19-25,48H,7-8,16-18H2,1-6H3,(H2,46,59)(H2,47,60)(H,49,51,61)(H,50,52,62)/b10-9+,14-12+. The Hall–Kier alpha value is -8.22. The van der Waals surface area contributed by atoms with Gasteiger partial charge in [0.2, 0.25) is 23.7 Å². The molecule has 7 N–H and O–H groups in total. The maximum atomic E-state index is 13.8. The van der Waals surface area contributed by atoms with E-state index in [1.54, 1.807) is 56.6 Å². The number of hydrogen-bond acceptors (Lipinski definition) is 11. The summed E-state index contributed by atoms with van der Waals surface area (Å²) >= 11 is 0. The van der Waals surface area contributed by atoms with Crippen molar-refractivity contribution in [1.82, 2.24) is 38.7 Å². The molecule has 4 amide bonds. The first-order valence-electron chi connectivity index (χ1n) is 20.5. The largest absolute Gasteiger partial charge is 0.494 e. The van der Waals surface area contributed by atoms with Crippen LogP contribution in [0.15, 0.2) is 78.9 Å². The second kappa shape index (κ2) is 18.8. The molecule has 0 aliphatic rings. The molecule has 330 valence electrons. The van der Waals surface area contributed by atoms with Crippen molar-refractivity contribution in [2.45, 2.75) is 53.9 Å². The topological polar surface area (TPSA) is 246 Å². The number of aromatic nitrogens is 8. The molecule has 0 aliphatic heterocycles. The van der Waals surface area contributed by atoms with Gasteiger partial charge in [0.05, 0.1) is 29.5 Å². The van der Waals surface area contributed by atoms with E-state index in [1.807, 2.05) is 69.5 Å². The Balaban J connectivity index is 1.27. The number of benzene rings is 3. The maximum Gasteiger partial charge on any atom is 0.276 e. The summed E-state index contributed by atoms with van der Waals surface area (Å²) in [5.74, 6) is -1.28. The van der Waals surface area contributed by atoms with Crippen LogP contribution in [0.2, 0.25) is 0 Å². The quantitative estimate of drug-likeness (QED) is 0.0671. The van der Waals surface area contributed by atoms with E-state index in [0.29, 0.717) is 69.4 Å². The molecule has 64 heavy (non-hydrogen) atoms. The summed E-state index contributed by atoms with van der Waals surface area (Å²) in [6.45, 7) is 8.73. The minimum Gasteiger partial charge on any atom is -0.494 e. The normalized spacial score (nSPS) is 11.5. The third kappa shape index (κ3) is 9.18. The second-order valence-corrected chi connectivity index (χ2v) is 14.7. The molecule has 0 aliphatic carbocycles. The summed E-state index contributed by atoms with van der Waals surface area (Å²) in [6.07, 6.45) is 7.44. The van der Waals surface area contributed by atoms with Crippen molar-refractivity contribution in [1.29, 1.82) is 0 Å². The van der Waals surface area contributed by atoms with E-state index in [0.717, 1.165) is 11.3 Å². The maximum absolute atomic E-state index is 13.8. The lowest BCUT2D eigenvalue weighted by Crippen LogP contribution is -2.20. The van der Waals surface area contributed by atoms with Gasteiger partial charge in [-0.05, 0) is 87.9 Å². The Labute approximate surface area is 367 Å². The smallest absolute Gasteiger partial charge is 0.276 e. The van der Waals surface area contributed by atoms with Gasteiger partial charge in [-0.3, -0.25) is 39.2 Å². The average molecular weight is 868 g/mol. The number of hydrogen-bond donors (Lipinski definition) is 5. The fourth-order valence-electron chi connectivity index (χ4n) is 7.31. The summed E-state index contributed by atoms with van der Waals surface area (Å²) in [7, 11) is 3.31. The van der Waals surface area contributed by atoms with E-state index in [9.17, 15) is 19.2 Å². The van der Waals surface area contributed by atoms with Crippen LogP contribution in [0.25, 0.3) is 28.1 Å². The van der Waals surface area contributed by atoms with E-state index >= 15 is 0 Å². The molecule has 4 heterocycles. The van der Waals surface area contributed by atoms with E-state index in [2.05, 4.69) is 26.1 Å². The molecule has 0 radical (unpaired) electrons. The van der Waals surface area contributed by atoms with Crippen LogP contribution in [0.5, 0.6) is 11.5 Å². The number of nitrogens with zero attached hydrogens (tertiary/aromatic N) is 8. The van der Waals surface area contributed by atoms with Crippen molar-refractivity contribution in [3.63, 3.8) is 0 Å².